The van der Waals surface area contributed by atoms with Gasteiger partial charge in [0, 0.05) is 13.0 Å². The summed E-state index contributed by atoms with van der Waals surface area (Å²) < 4.78 is 5.72. The summed E-state index contributed by atoms with van der Waals surface area (Å²) in [4.78, 5) is 0. The van der Waals surface area contributed by atoms with Crippen LogP contribution in [0, 0.1) is 5.92 Å². The molecule has 1 aliphatic heterocycles. The van der Waals surface area contributed by atoms with Crippen molar-refractivity contribution in [3.8, 4) is 0 Å². The number of aryl methyl sites for hydroxylation is 1. The van der Waals surface area contributed by atoms with Crippen molar-refractivity contribution in [3.05, 3.63) is 10.0 Å². The molecule has 5 heteroatoms. The largest absolute Gasteiger partial charge is 0.371 e. The zero-order valence-electron chi connectivity index (χ0n) is 11.3. The maximum absolute atomic E-state index is 5.72. The molecule has 0 aliphatic carbocycles. The van der Waals surface area contributed by atoms with E-state index in [0.29, 0.717) is 5.92 Å². The molecule has 2 rings (SSSR count). The van der Waals surface area contributed by atoms with Gasteiger partial charge in [-0.05, 0) is 38.3 Å². The summed E-state index contributed by atoms with van der Waals surface area (Å²) in [6.07, 6.45) is 4.68. The van der Waals surface area contributed by atoms with Gasteiger partial charge in [-0.3, -0.25) is 0 Å². The molecule has 18 heavy (non-hydrogen) atoms. The SMILES string of the molecule is CCCNCCCc1nnc(C2OCCC2C)s1. The standard InChI is InChI=1S/C13H23N3OS/c1-3-7-14-8-4-5-11-15-16-13(18-11)12-10(2)6-9-17-12/h10,12,14H,3-9H2,1-2H3. The lowest BCUT2D eigenvalue weighted by atomic mass is 10.1. The van der Waals surface area contributed by atoms with E-state index in [0.717, 1.165) is 49.0 Å². The molecule has 0 radical (unpaired) electrons. The van der Waals surface area contributed by atoms with Crippen LogP contribution in [0.3, 0.4) is 0 Å². The van der Waals surface area contributed by atoms with Gasteiger partial charge in [0.25, 0.3) is 0 Å². The average Bonchev–Trinajstić information content (AvgIpc) is 2.97. The lowest BCUT2D eigenvalue weighted by Gasteiger charge is -2.09. The molecule has 0 bridgehead atoms. The first-order chi connectivity index (χ1) is 8.81. The molecule has 2 heterocycles. The Morgan fingerprint density at radius 2 is 2.28 bits per heavy atom. The van der Waals surface area contributed by atoms with Crippen LogP contribution >= 0.6 is 11.3 Å². The molecule has 2 unspecified atom stereocenters. The highest BCUT2D eigenvalue weighted by atomic mass is 32.1. The molecule has 1 aromatic rings. The van der Waals surface area contributed by atoms with Gasteiger partial charge >= 0.3 is 0 Å². The summed E-state index contributed by atoms with van der Waals surface area (Å²) in [5, 5.41) is 14.2. The molecule has 2 atom stereocenters. The number of nitrogens with zero attached hydrogens (tertiary/aromatic N) is 2. The van der Waals surface area contributed by atoms with E-state index in [2.05, 4.69) is 29.4 Å². The zero-order chi connectivity index (χ0) is 12.8. The van der Waals surface area contributed by atoms with Crippen molar-refractivity contribution in [2.45, 2.75) is 45.6 Å². The Labute approximate surface area is 113 Å². The lowest BCUT2D eigenvalue weighted by Crippen LogP contribution is -2.16. The summed E-state index contributed by atoms with van der Waals surface area (Å²) in [5.74, 6) is 0.581. The van der Waals surface area contributed by atoms with Gasteiger partial charge in [-0.2, -0.15) is 0 Å². The van der Waals surface area contributed by atoms with Crippen LogP contribution in [0.25, 0.3) is 0 Å². The molecule has 0 aromatic carbocycles. The van der Waals surface area contributed by atoms with Gasteiger partial charge in [0.1, 0.15) is 16.1 Å². The topological polar surface area (TPSA) is 47.0 Å². The van der Waals surface area contributed by atoms with Crippen molar-refractivity contribution in [1.82, 2.24) is 15.5 Å². The highest BCUT2D eigenvalue weighted by Gasteiger charge is 2.28. The van der Waals surface area contributed by atoms with E-state index in [1.165, 1.54) is 6.42 Å². The molecular weight excluding hydrogens is 246 g/mol. The van der Waals surface area contributed by atoms with Crippen LogP contribution in [0.1, 0.15) is 49.2 Å². The van der Waals surface area contributed by atoms with Crippen LogP contribution in [0.15, 0.2) is 0 Å². The molecule has 0 spiro atoms. The van der Waals surface area contributed by atoms with Crippen LogP contribution in [0.4, 0.5) is 0 Å². The van der Waals surface area contributed by atoms with Crippen molar-refractivity contribution >= 4 is 11.3 Å². The summed E-state index contributed by atoms with van der Waals surface area (Å²) in [5.41, 5.74) is 0. The Balaban J connectivity index is 1.75. The predicted octanol–water partition coefficient (Wildman–Crippen LogP) is 2.57. The molecule has 1 aromatic heterocycles. The van der Waals surface area contributed by atoms with Crippen LogP contribution in [-0.2, 0) is 11.2 Å². The minimum absolute atomic E-state index is 0.189. The highest BCUT2D eigenvalue weighted by Crippen LogP contribution is 2.35. The first-order valence-corrected chi connectivity index (χ1v) is 7.77. The van der Waals surface area contributed by atoms with Gasteiger partial charge in [0.15, 0.2) is 0 Å². The van der Waals surface area contributed by atoms with E-state index in [-0.39, 0.29) is 6.10 Å². The minimum atomic E-state index is 0.189. The van der Waals surface area contributed by atoms with Crippen LogP contribution in [-0.4, -0.2) is 29.9 Å². The van der Waals surface area contributed by atoms with E-state index in [1.807, 2.05) is 0 Å². The summed E-state index contributed by atoms with van der Waals surface area (Å²) in [6, 6.07) is 0. The second-order valence-corrected chi connectivity index (χ2v) is 6.04. The summed E-state index contributed by atoms with van der Waals surface area (Å²) in [7, 11) is 0. The van der Waals surface area contributed by atoms with Gasteiger partial charge in [-0.15, -0.1) is 10.2 Å². The number of nitrogens with one attached hydrogen (secondary N) is 1. The zero-order valence-corrected chi connectivity index (χ0v) is 12.1. The van der Waals surface area contributed by atoms with Crippen molar-refractivity contribution in [2.75, 3.05) is 19.7 Å². The fourth-order valence-corrected chi connectivity index (χ4v) is 3.23. The van der Waals surface area contributed by atoms with Crippen LogP contribution in [0.2, 0.25) is 0 Å². The molecule has 1 saturated heterocycles. The number of hydrogen-bond donors (Lipinski definition) is 1. The van der Waals surface area contributed by atoms with Gasteiger partial charge in [-0.1, -0.05) is 25.2 Å². The molecule has 1 N–H and O–H groups in total. The lowest BCUT2D eigenvalue weighted by molar-refractivity contribution is 0.0937. The Hall–Kier alpha value is -0.520. The first kappa shape index (κ1) is 13.9. The minimum Gasteiger partial charge on any atom is -0.371 e. The second-order valence-electron chi connectivity index (χ2n) is 4.94. The Morgan fingerprint density at radius 3 is 3.00 bits per heavy atom. The van der Waals surface area contributed by atoms with E-state index in [9.17, 15) is 0 Å². The molecule has 102 valence electrons. The Bertz CT molecular complexity index is 356. The van der Waals surface area contributed by atoms with Crippen molar-refractivity contribution in [3.63, 3.8) is 0 Å². The number of aromatic nitrogens is 2. The summed E-state index contributed by atoms with van der Waals surface area (Å²) in [6.45, 7) is 7.45. The van der Waals surface area contributed by atoms with Gasteiger partial charge in [0.2, 0.25) is 0 Å². The predicted molar refractivity (Wildman–Crippen MR) is 73.9 cm³/mol. The normalized spacial score (nSPS) is 23.7. The maximum Gasteiger partial charge on any atom is 0.146 e. The van der Waals surface area contributed by atoms with Gasteiger partial charge < -0.3 is 10.1 Å². The van der Waals surface area contributed by atoms with Crippen molar-refractivity contribution in [2.24, 2.45) is 5.92 Å². The third-order valence-electron chi connectivity index (χ3n) is 3.28. The number of hydrogen-bond acceptors (Lipinski definition) is 5. The average molecular weight is 269 g/mol. The highest BCUT2D eigenvalue weighted by molar-refractivity contribution is 7.11. The van der Waals surface area contributed by atoms with Crippen LogP contribution < -0.4 is 5.32 Å². The van der Waals surface area contributed by atoms with Crippen molar-refractivity contribution < 1.29 is 4.74 Å². The Kier molecular flexibility index (Phi) is 5.53. The molecule has 1 aliphatic rings. The smallest absolute Gasteiger partial charge is 0.146 e. The fraction of sp³-hybridized carbons (Fsp3) is 0.846. The van der Waals surface area contributed by atoms with Gasteiger partial charge in [-0.25, -0.2) is 0 Å². The molecule has 0 saturated carbocycles. The van der Waals surface area contributed by atoms with Crippen molar-refractivity contribution in [1.29, 1.82) is 0 Å². The van der Waals surface area contributed by atoms with E-state index < -0.39 is 0 Å². The maximum atomic E-state index is 5.72. The quantitative estimate of drug-likeness (QED) is 0.773. The monoisotopic (exact) mass is 269 g/mol. The molecule has 1 fully saturated rings. The summed E-state index contributed by atoms with van der Waals surface area (Å²) >= 11 is 1.72. The van der Waals surface area contributed by atoms with E-state index in [1.54, 1.807) is 11.3 Å². The Morgan fingerprint density at radius 1 is 1.39 bits per heavy atom. The fourth-order valence-electron chi connectivity index (χ4n) is 2.16. The third-order valence-corrected chi connectivity index (χ3v) is 4.33. The molecule has 4 nitrogen and oxygen atoms in total. The van der Waals surface area contributed by atoms with E-state index >= 15 is 0 Å². The molecule has 0 amide bonds. The van der Waals surface area contributed by atoms with E-state index in [4.69, 9.17) is 4.74 Å². The van der Waals surface area contributed by atoms with Gasteiger partial charge in [0.05, 0.1) is 0 Å². The third kappa shape index (κ3) is 3.73. The number of ether oxygens (including phenoxy) is 1. The van der Waals surface area contributed by atoms with Crippen LogP contribution in [0.5, 0.6) is 0 Å². The first-order valence-electron chi connectivity index (χ1n) is 6.96. The second kappa shape index (κ2) is 7.16. The number of rotatable bonds is 7. The molecular formula is C13H23N3OS.